The Morgan fingerprint density at radius 2 is 1.93 bits per heavy atom. The van der Waals surface area contributed by atoms with Crippen LogP contribution in [0.5, 0.6) is 0 Å². The van der Waals surface area contributed by atoms with Gasteiger partial charge in [-0.3, -0.25) is 0 Å². The Hall–Kier alpha value is -0.380. The average Bonchev–Trinajstić information content (AvgIpc) is 2.23. The molecule has 0 radical (unpaired) electrons. The summed E-state index contributed by atoms with van der Waals surface area (Å²) >= 11 is 11.8. The maximum atomic E-state index is 5.98. The van der Waals surface area contributed by atoms with Crippen molar-refractivity contribution in [2.24, 2.45) is 0 Å². The van der Waals surface area contributed by atoms with E-state index in [1.54, 1.807) is 0 Å². The van der Waals surface area contributed by atoms with Gasteiger partial charge in [-0.2, -0.15) is 0 Å². The summed E-state index contributed by atoms with van der Waals surface area (Å²) in [6.45, 7) is 2.06. The molecule has 5 heteroatoms. The van der Waals surface area contributed by atoms with E-state index in [-0.39, 0.29) is 0 Å². The zero-order valence-electron chi connectivity index (χ0n) is 7.63. The normalized spacial score (nSPS) is 18.4. The predicted octanol–water partition coefficient (Wildman–Crippen LogP) is 2.25. The highest BCUT2D eigenvalue weighted by Crippen LogP contribution is 2.30. The van der Waals surface area contributed by atoms with Gasteiger partial charge in [0.2, 0.25) is 0 Å². The second-order valence-electron chi connectivity index (χ2n) is 3.44. The molecule has 0 bridgehead atoms. The summed E-state index contributed by atoms with van der Waals surface area (Å²) in [4.78, 5) is 0. The molecular weight excluding hydrogens is 221 g/mol. The van der Waals surface area contributed by atoms with Crippen molar-refractivity contribution in [3.8, 4) is 0 Å². The fourth-order valence-corrected chi connectivity index (χ4v) is 2.19. The van der Waals surface area contributed by atoms with Crippen LogP contribution in [0.25, 0.3) is 0 Å². The van der Waals surface area contributed by atoms with Crippen molar-refractivity contribution in [3.05, 3.63) is 21.9 Å². The minimum Gasteiger partial charge on any atom is -0.317 e. The molecule has 2 heterocycles. The van der Waals surface area contributed by atoms with Crippen LogP contribution < -0.4 is 5.32 Å². The van der Waals surface area contributed by atoms with Crippen molar-refractivity contribution in [3.63, 3.8) is 0 Å². The van der Waals surface area contributed by atoms with E-state index in [1.165, 1.54) is 0 Å². The number of nitrogens with zero attached hydrogens (tertiary/aromatic N) is 2. The van der Waals surface area contributed by atoms with Crippen LogP contribution in [-0.4, -0.2) is 23.3 Å². The first-order valence-electron chi connectivity index (χ1n) is 4.66. The summed E-state index contributed by atoms with van der Waals surface area (Å²) in [6, 6.07) is 1.83. The smallest absolute Gasteiger partial charge is 0.155 e. The Morgan fingerprint density at radius 3 is 2.64 bits per heavy atom. The molecule has 0 aliphatic carbocycles. The third-order valence-corrected chi connectivity index (χ3v) is 3.00. The average molecular weight is 232 g/mol. The van der Waals surface area contributed by atoms with Crippen molar-refractivity contribution < 1.29 is 0 Å². The number of piperidine rings is 1. The molecule has 1 aliphatic rings. The summed E-state index contributed by atoms with van der Waals surface area (Å²) in [5.41, 5.74) is 1.04. The van der Waals surface area contributed by atoms with Crippen molar-refractivity contribution in [1.29, 1.82) is 0 Å². The minimum atomic E-state index is 0.419. The molecular formula is C9H11Cl2N3. The Bertz CT molecular complexity index is 324. The summed E-state index contributed by atoms with van der Waals surface area (Å²) in [7, 11) is 0. The number of hydrogen-bond donors (Lipinski definition) is 1. The van der Waals surface area contributed by atoms with Gasteiger partial charge in [0.25, 0.3) is 0 Å². The van der Waals surface area contributed by atoms with Crippen molar-refractivity contribution in [2.75, 3.05) is 13.1 Å². The lowest BCUT2D eigenvalue weighted by atomic mass is 9.92. The Kier molecular flexibility index (Phi) is 3.21. The molecule has 0 unspecified atom stereocenters. The van der Waals surface area contributed by atoms with Crippen LogP contribution in [-0.2, 0) is 0 Å². The van der Waals surface area contributed by atoms with Crippen LogP contribution >= 0.6 is 23.2 Å². The standard InChI is InChI=1S/C9H11Cl2N3/c10-8-5-7(9(11)14-13-8)6-1-3-12-4-2-6/h5-6,12H,1-4H2. The van der Waals surface area contributed by atoms with Gasteiger partial charge in [0.05, 0.1) is 0 Å². The number of hydrogen-bond acceptors (Lipinski definition) is 3. The van der Waals surface area contributed by atoms with Crippen LogP contribution in [0.1, 0.15) is 24.3 Å². The van der Waals surface area contributed by atoms with Gasteiger partial charge in [-0.1, -0.05) is 23.2 Å². The van der Waals surface area contributed by atoms with Crippen LogP contribution in [0.3, 0.4) is 0 Å². The third-order valence-electron chi connectivity index (χ3n) is 2.53. The highest BCUT2D eigenvalue weighted by Gasteiger charge is 2.19. The van der Waals surface area contributed by atoms with E-state index in [0.29, 0.717) is 16.2 Å². The van der Waals surface area contributed by atoms with E-state index in [4.69, 9.17) is 23.2 Å². The molecule has 14 heavy (non-hydrogen) atoms. The Balaban J connectivity index is 2.24. The first-order chi connectivity index (χ1) is 6.77. The van der Waals surface area contributed by atoms with E-state index in [2.05, 4.69) is 15.5 Å². The maximum Gasteiger partial charge on any atom is 0.155 e. The molecule has 1 fully saturated rings. The molecule has 1 N–H and O–H groups in total. The zero-order valence-corrected chi connectivity index (χ0v) is 9.15. The van der Waals surface area contributed by atoms with E-state index < -0.39 is 0 Å². The van der Waals surface area contributed by atoms with E-state index in [0.717, 1.165) is 31.5 Å². The number of rotatable bonds is 1. The predicted molar refractivity (Wildman–Crippen MR) is 56.9 cm³/mol. The summed E-state index contributed by atoms with van der Waals surface area (Å²) < 4.78 is 0. The molecule has 0 amide bonds. The Morgan fingerprint density at radius 1 is 1.21 bits per heavy atom. The van der Waals surface area contributed by atoms with Gasteiger partial charge >= 0.3 is 0 Å². The molecule has 76 valence electrons. The Labute approximate surface area is 92.8 Å². The fourth-order valence-electron chi connectivity index (χ4n) is 1.79. The maximum absolute atomic E-state index is 5.98. The van der Waals surface area contributed by atoms with Crippen LogP contribution in [0.15, 0.2) is 6.07 Å². The van der Waals surface area contributed by atoms with Crippen LogP contribution in [0.4, 0.5) is 0 Å². The summed E-state index contributed by atoms with van der Waals surface area (Å²) in [5, 5.41) is 11.7. The molecule has 0 aromatic carbocycles. The van der Waals surface area contributed by atoms with Gasteiger partial charge < -0.3 is 5.32 Å². The minimum absolute atomic E-state index is 0.419. The quantitative estimate of drug-likeness (QED) is 0.806. The molecule has 3 nitrogen and oxygen atoms in total. The molecule has 0 spiro atoms. The molecule has 0 atom stereocenters. The topological polar surface area (TPSA) is 37.8 Å². The fraction of sp³-hybridized carbons (Fsp3) is 0.556. The van der Waals surface area contributed by atoms with E-state index >= 15 is 0 Å². The van der Waals surface area contributed by atoms with Crippen LogP contribution in [0.2, 0.25) is 10.3 Å². The van der Waals surface area contributed by atoms with Crippen molar-refractivity contribution in [1.82, 2.24) is 15.5 Å². The SMILES string of the molecule is Clc1cc(C2CCNCC2)c(Cl)nn1. The van der Waals surface area contributed by atoms with Gasteiger partial charge in [0.15, 0.2) is 10.3 Å². The van der Waals surface area contributed by atoms with Gasteiger partial charge in [-0.05, 0) is 43.5 Å². The molecule has 1 saturated heterocycles. The number of halogens is 2. The van der Waals surface area contributed by atoms with Crippen LogP contribution in [0, 0.1) is 0 Å². The first kappa shape index (κ1) is 10.1. The second kappa shape index (κ2) is 4.43. The van der Waals surface area contributed by atoms with Gasteiger partial charge in [-0.15, -0.1) is 10.2 Å². The molecule has 1 aromatic heterocycles. The molecule has 2 rings (SSSR count). The van der Waals surface area contributed by atoms with Crippen molar-refractivity contribution >= 4 is 23.2 Å². The van der Waals surface area contributed by atoms with Crippen molar-refractivity contribution in [2.45, 2.75) is 18.8 Å². The number of nitrogens with one attached hydrogen (secondary N) is 1. The lowest BCUT2D eigenvalue weighted by molar-refractivity contribution is 0.459. The summed E-state index contributed by atoms with van der Waals surface area (Å²) in [5.74, 6) is 0.469. The lowest BCUT2D eigenvalue weighted by Crippen LogP contribution is -2.26. The highest BCUT2D eigenvalue weighted by atomic mass is 35.5. The van der Waals surface area contributed by atoms with Gasteiger partial charge in [-0.25, -0.2) is 0 Å². The zero-order chi connectivity index (χ0) is 9.97. The third kappa shape index (κ3) is 2.16. The van der Waals surface area contributed by atoms with E-state index in [1.807, 2.05) is 6.07 Å². The van der Waals surface area contributed by atoms with Gasteiger partial charge in [0.1, 0.15) is 0 Å². The molecule has 0 saturated carbocycles. The first-order valence-corrected chi connectivity index (χ1v) is 5.42. The summed E-state index contributed by atoms with van der Waals surface area (Å²) in [6.07, 6.45) is 2.17. The van der Waals surface area contributed by atoms with Gasteiger partial charge in [0, 0.05) is 0 Å². The lowest BCUT2D eigenvalue weighted by Gasteiger charge is -2.23. The monoisotopic (exact) mass is 231 g/mol. The molecule has 1 aromatic rings. The van der Waals surface area contributed by atoms with E-state index in [9.17, 15) is 0 Å². The second-order valence-corrected chi connectivity index (χ2v) is 4.18. The number of aromatic nitrogens is 2. The molecule has 1 aliphatic heterocycles. The highest BCUT2D eigenvalue weighted by molar-refractivity contribution is 6.31. The largest absolute Gasteiger partial charge is 0.317 e.